The molecule has 0 fully saturated rings. The minimum absolute atomic E-state index is 0.420. The average molecular weight is 353 g/mol. The van der Waals surface area contributed by atoms with Gasteiger partial charge in [-0.05, 0) is 18.1 Å². The van der Waals surface area contributed by atoms with E-state index in [1.165, 1.54) is 11.8 Å². The highest BCUT2D eigenvalue weighted by atomic mass is 32.2. The third-order valence-electron chi connectivity index (χ3n) is 3.15. The van der Waals surface area contributed by atoms with Gasteiger partial charge >= 0.3 is 6.18 Å². The topological polar surface area (TPSA) is 63.2 Å². The summed E-state index contributed by atoms with van der Waals surface area (Å²) in [6.07, 6.45) is -6.16. The van der Waals surface area contributed by atoms with Crippen LogP contribution in [0.5, 0.6) is 0 Å². The smallest absolute Gasteiger partial charge is 0.273 e. The van der Waals surface area contributed by atoms with Gasteiger partial charge in [-0.15, -0.1) is 11.8 Å². The van der Waals surface area contributed by atoms with Crippen LogP contribution < -0.4 is 4.72 Å². The molecular weight excluding hydrogens is 339 g/mol. The molecule has 1 amide bonds. The first kappa shape index (κ1) is 17.1. The van der Waals surface area contributed by atoms with Crippen LogP contribution in [0.3, 0.4) is 0 Å². The molecule has 1 aromatic rings. The van der Waals surface area contributed by atoms with Gasteiger partial charge in [0.2, 0.25) is 15.9 Å². The Balaban J connectivity index is 1.95. The van der Waals surface area contributed by atoms with Crippen molar-refractivity contribution in [2.24, 2.45) is 0 Å². The van der Waals surface area contributed by atoms with E-state index >= 15 is 0 Å². The summed E-state index contributed by atoms with van der Waals surface area (Å²) in [5, 5.41) is 0. The maximum Gasteiger partial charge on any atom is 0.389 e. The van der Waals surface area contributed by atoms with Gasteiger partial charge in [0.25, 0.3) is 0 Å². The lowest BCUT2D eigenvalue weighted by atomic mass is 10.0. The standard InChI is InChI=1S/C13H14F3NO3S2/c14-13(15,16)6-3-7-22(19,20)17-12(18)10-8-21-11-5-2-1-4-9(10)11/h1-2,4-5,10H,3,6-8H2,(H,17,18). The van der Waals surface area contributed by atoms with E-state index in [-0.39, 0.29) is 0 Å². The second-order valence-electron chi connectivity index (χ2n) is 4.91. The Bertz CT molecular complexity index is 659. The molecule has 1 aromatic carbocycles. The Morgan fingerprint density at radius 3 is 2.68 bits per heavy atom. The van der Waals surface area contributed by atoms with E-state index in [0.29, 0.717) is 5.75 Å². The maximum absolute atomic E-state index is 12.1. The van der Waals surface area contributed by atoms with Gasteiger partial charge < -0.3 is 0 Å². The largest absolute Gasteiger partial charge is 0.389 e. The van der Waals surface area contributed by atoms with Gasteiger partial charge in [0.15, 0.2) is 0 Å². The second-order valence-corrected chi connectivity index (χ2v) is 7.81. The molecule has 0 saturated carbocycles. The molecule has 1 heterocycles. The van der Waals surface area contributed by atoms with Crippen molar-refractivity contribution in [1.29, 1.82) is 0 Å². The summed E-state index contributed by atoms with van der Waals surface area (Å²) in [7, 11) is -4.05. The van der Waals surface area contributed by atoms with Gasteiger partial charge in [0, 0.05) is 17.1 Å². The van der Waals surface area contributed by atoms with Crippen molar-refractivity contribution in [2.75, 3.05) is 11.5 Å². The van der Waals surface area contributed by atoms with Crippen molar-refractivity contribution in [3.8, 4) is 0 Å². The molecule has 122 valence electrons. The van der Waals surface area contributed by atoms with Crippen LogP contribution in [0.15, 0.2) is 29.2 Å². The molecule has 2 rings (SSSR count). The number of halogens is 3. The number of thioether (sulfide) groups is 1. The van der Waals surface area contributed by atoms with Crippen molar-refractivity contribution < 1.29 is 26.4 Å². The van der Waals surface area contributed by atoms with Crippen LogP contribution in [0.25, 0.3) is 0 Å². The fraction of sp³-hybridized carbons (Fsp3) is 0.462. The molecule has 22 heavy (non-hydrogen) atoms. The molecule has 0 aromatic heterocycles. The predicted octanol–water partition coefficient (Wildman–Crippen LogP) is 2.66. The summed E-state index contributed by atoms with van der Waals surface area (Å²) in [6, 6.07) is 7.16. The number of benzene rings is 1. The lowest BCUT2D eigenvalue weighted by Crippen LogP contribution is -2.36. The van der Waals surface area contributed by atoms with Crippen LogP contribution >= 0.6 is 11.8 Å². The van der Waals surface area contributed by atoms with Crippen molar-refractivity contribution in [1.82, 2.24) is 4.72 Å². The molecule has 1 aliphatic rings. The highest BCUT2D eigenvalue weighted by Gasteiger charge is 2.32. The quantitative estimate of drug-likeness (QED) is 0.884. The van der Waals surface area contributed by atoms with E-state index < -0.39 is 46.6 Å². The van der Waals surface area contributed by atoms with Crippen molar-refractivity contribution in [3.05, 3.63) is 29.8 Å². The molecule has 1 N–H and O–H groups in total. The third kappa shape index (κ3) is 4.64. The lowest BCUT2D eigenvalue weighted by Gasteiger charge is -2.12. The van der Waals surface area contributed by atoms with E-state index in [1.54, 1.807) is 12.1 Å². The average Bonchev–Trinajstić information content (AvgIpc) is 2.79. The van der Waals surface area contributed by atoms with Crippen LogP contribution in [0, 0.1) is 0 Å². The number of fused-ring (bicyclic) bond motifs is 1. The molecule has 0 radical (unpaired) electrons. The summed E-state index contributed by atoms with van der Waals surface area (Å²) in [4.78, 5) is 13.0. The first-order chi connectivity index (χ1) is 10.2. The number of alkyl halides is 3. The van der Waals surface area contributed by atoms with Crippen LogP contribution in [0.2, 0.25) is 0 Å². The number of hydrogen-bond donors (Lipinski definition) is 1. The van der Waals surface area contributed by atoms with Crippen molar-refractivity contribution in [2.45, 2.75) is 29.8 Å². The molecule has 9 heteroatoms. The molecule has 0 saturated heterocycles. The Kier molecular flexibility index (Phi) is 5.06. The highest BCUT2D eigenvalue weighted by Crippen LogP contribution is 2.39. The Hall–Kier alpha value is -1.22. The minimum atomic E-state index is -4.40. The van der Waals surface area contributed by atoms with Crippen LogP contribution in [0.1, 0.15) is 24.3 Å². The summed E-state index contributed by atoms with van der Waals surface area (Å²) >= 11 is 1.45. The Morgan fingerprint density at radius 2 is 2.00 bits per heavy atom. The SMILES string of the molecule is O=C(NS(=O)(=O)CCCC(F)(F)F)C1CSc2ccccc21. The number of amides is 1. The highest BCUT2D eigenvalue weighted by molar-refractivity contribution is 7.99. The third-order valence-corrected chi connectivity index (χ3v) is 5.67. The first-order valence-electron chi connectivity index (χ1n) is 6.51. The maximum atomic E-state index is 12.1. The summed E-state index contributed by atoms with van der Waals surface area (Å²) in [5.74, 6) is -1.59. The molecular formula is C13H14F3NO3S2. The molecule has 1 atom stereocenters. The van der Waals surface area contributed by atoms with Gasteiger partial charge in [-0.25, -0.2) is 8.42 Å². The van der Waals surface area contributed by atoms with E-state index in [2.05, 4.69) is 0 Å². The zero-order valence-electron chi connectivity index (χ0n) is 11.4. The molecule has 4 nitrogen and oxygen atoms in total. The molecule has 0 bridgehead atoms. The van der Waals surface area contributed by atoms with Gasteiger partial charge in [0.05, 0.1) is 11.7 Å². The number of carbonyl (C=O) groups is 1. The number of nitrogens with one attached hydrogen (secondary N) is 1. The molecule has 1 aliphatic heterocycles. The van der Waals surface area contributed by atoms with E-state index in [9.17, 15) is 26.4 Å². The van der Waals surface area contributed by atoms with E-state index in [0.717, 1.165) is 10.5 Å². The monoisotopic (exact) mass is 353 g/mol. The zero-order chi connectivity index (χ0) is 16.4. The van der Waals surface area contributed by atoms with Crippen LogP contribution in [-0.4, -0.2) is 32.0 Å². The lowest BCUT2D eigenvalue weighted by molar-refractivity contribution is -0.134. The Morgan fingerprint density at radius 1 is 1.32 bits per heavy atom. The van der Waals surface area contributed by atoms with Crippen LogP contribution in [-0.2, 0) is 14.8 Å². The van der Waals surface area contributed by atoms with Gasteiger partial charge in [-0.2, -0.15) is 13.2 Å². The normalized spacial score (nSPS) is 18.0. The number of sulfonamides is 1. The summed E-state index contributed by atoms with van der Waals surface area (Å²) < 4.78 is 61.3. The summed E-state index contributed by atoms with van der Waals surface area (Å²) in [6.45, 7) is 0. The van der Waals surface area contributed by atoms with Crippen molar-refractivity contribution >= 4 is 27.7 Å². The second kappa shape index (κ2) is 6.49. The van der Waals surface area contributed by atoms with Crippen LogP contribution in [0.4, 0.5) is 13.2 Å². The van der Waals surface area contributed by atoms with Crippen molar-refractivity contribution in [3.63, 3.8) is 0 Å². The minimum Gasteiger partial charge on any atom is -0.273 e. The van der Waals surface area contributed by atoms with E-state index in [1.807, 2.05) is 16.9 Å². The molecule has 0 spiro atoms. The predicted molar refractivity (Wildman–Crippen MR) is 77.1 cm³/mol. The van der Waals surface area contributed by atoms with Gasteiger partial charge in [0.1, 0.15) is 0 Å². The Labute approximate surface area is 130 Å². The van der Waals surface area contributed by atoms with E-state index in [4.69, 9.17) is 0 Å². The zero-order valence-corrected chi connectivity index (χ0v) is 13.0. The number of carbonyl (C=O) groups excluding carboxylic acids is 1. The fourth-order valence-electron chi connectivity index (χ4n) is 2.12. The molecule has 1 unspecified atom stereocenters. The molecule has 0 aliphatic carbocycles. The van der Waals surface area contributed by atoms with Gasteiger partial charge in [-0.1, -0.05) is 18.2 Å². The fourth-order valence-corrected chi connectivity index (χ4v) is 4.42. The van der Waals surface area contributed by atoms with Gasteiger partial charge in [-0.3, -0.25) is 9.52 Å². The number of hydrogen-bond acceptors (Lipinski definition) is 4. The number of rotatable bonds is 5. The summed E-state index contributed by atoms with van der Waals surface area (Å²) in [5.41, 5.74) is 0.746. The first-order valence-corrected chi connectivity index (χ1v) is 9.14.